The first kappa shape index (κ1) is 19.2. The van der Waals surface area contributed by atoms with Crippen molar-refractivity contribution in [1.82, 2.24) is 0 Å². The summed E-state index contributed by atoms with van der Waals surface area (Å²) in [5.41, 5.74) is 0.472. The first-order valence-electron chi connectivity index (χ1n) is 8.02. The summed E-state index contributed by atoms with van der Waals surface area (Å²) in [5, 5.41) is 0. The highest BCUT2D eigenvalue weighted by atomic mass is 31.2. The fourth-order valence-electron chi connectivity index (χ4n) is 2.53. The van der Waals surface area contributed by atoms with E-state index in [1.54, 1.807) is 24.3 Å². The maximum absolute atomic E-state index is 12.3. The van der Waals surface area contributed by atoms with Gasteiger partial charge in [0, 0.05) is 6.66 Å². The molecular formula is C16H24BO6P. The van der Waals surface area contributed by atoms with Crippen LogP contribution in [-0.2, 0) is 23.3 Å². The minimum atomic E-state index is -2.86. The number of carbonyl (C=O) groups is 1. The third-order valence-electron chi connectivity index (χ3n) is 3.56. The number of rotatable bonds is 7. The second-order valence-corrected chi connectivity index (χ2v) is 8.77. The van der Waals surface area contributed by atoms with Crippen molar-refractivity contribution < 1.29 is 28.1 Å². The lowest BCUT2D eigenvalue weighted by Crippen LogP contribution is -2.37. The summed E-state index contributed by atoms with van der Waals surface area (Å²) in [4.78, 5) is 12.2. The molecule has 132 valence electrons. The van der Waals surface area contributed by atoms with Crippen LogP contribution in [0.2, 0.25) is 0 Å². The van der Waals surface area contributed by atoms with Crippen LogP contribution in [0.5, 0.6) is 0 Å². The zero-order valence-corrected chi connectivity index (χ0v) is 15.4. The van der Waals surface area contributed by atoms with Gasteiger partial charge in [-0.15, -0.1) is 0 Å². The van der Waals surface area contributed by atoms with Crippen molar-refractivity contribution >= 4 is 21.2 Å². The lowest BCUT2D eigenvalue weighted by Gasteiger charge is -2.24. The summed E-state index contributed by atoms with van der Waals surface area (Å²) >= 11 is 0. The summed E-state index contributed by atoms with van der Waals surface area (Å²) in [6.45, 7) is 5.47. The summed E-state index contributed by atoms with van der Waals surface area (Å²) < 4.78 is 34.5. The van der Waals surface area contributed by atoms with Gasteiger partial charge in [0.05, 0.1) is 24.3 Å². The largest absolute Gasteiger partial charge is 0.454 e. The predicted octanol–water partition coefficient (Wildman–Crippen LogP) is 1.88. The summed E-state index contributed by atoms with van der Waals surface area (Å²) in [6, 6.07) is 8.47. The fraction of sp³-hybridized carbons (Fsp3) is 0.562. The number of benzene rings is 1. The molecule has 0 saturated carbocycles. The van der Waals surface area contributed by atoms with Gasteiger partial charge in [-0.25, -0.2) is 4.79 Å². The Morgan fingerprint density at radius 2 is 2.04 bits per heavy atom. The van der Waals surface area contributed by atoms with Gasteiger partial charge in [0.1, 0.15) is 26.4 Å². The Labute approximate surface area is 143 Å². The Kier molecular flexibility index (Phi) is 6.64. The van der Waals surface area contributed by atoms with Gasteiger partial charge in [-0.2, -0.15) is 0 Å². The molecule has 1 aromatic rings. The Hall–Kier alpha value is -1.14. The van der Waals surface area contributed by atoms with Gasteiger partial charge in [0.2, 0.25) is 7.37 Å². The molecule has 8 heteroatoms. The number of hydrogen-bond acceptors (Lipinski definition) is 6. The van der Waals surface area contributed by atoms with Gasteiger partial charge in [0.25, 0.3) is 0 Å². The van der Waals surface area contributed by atoms with E-state index in [2.05, 4.69) is 0 Å². The van der Waals surface area contributed by atoms with Crippen molar-refractivity contribution in [3.63, 3.8) is 0 Å². The fourth-order valence-corrected chi connectivity index (χ4v) is 3.94. The monoisotopic (exact) mass is 354 g/mol. The van der Waals surface area contributed by atoms with E-state index in [1.165, 1.54) is 6.66 Å². The van der Waals surface area contributed by atoms with Crippen molar-refractivity contribution in [3.05, 3.63) is 35.9 Å². The molecule has 1 aromatic carbocycles. The second-order valence-electron chi connectivity index (χ2n) is 6.28. The van der Waals surface area contributed by atoms with Gasteiger partial charge in [-0.1, -0.05) is 18.2 Å². The van der Waals surface area contributed by atoms with Gasteiger partial charge in [-0.05, 0) is 26.0 Å². The molecule has 0 bridgehead atoms. The van der Waals surface area contributed by atoms with Gasteiger partial charge < -0.3 is 18.7 Å². The number of carbonyl (C=O) groups excluding carboxylic acids is 1. The van der Waals surface area contributed by atoms with Crippen LogP contribution in [-0.4, -0.2) is 57.8 Å². The Balaban J connectivity index is 1.95. The lowest BCUT2D eigenvalue weighted by molar-refractivity contribution is -0.0230. The highest BCUT2D eigenvalue weighted by Crippen LogP contribution is 2.44. The molecule has 1 aliphatic rings. The molecule has 4 atom stereocenters. The van der Waals surface area contributed by atoms with Gasteiger partial charge >= 0.3 is 5.97 Å². The molecule has 24 heavy (non-hydrogen) atoms. The van der Waals surface area contributed by atoms with Crippen molar-refractivity contribution in [1.29, 1.82) is 0 Å². The van der Waals surface area contributed by atoms with E-state index in [0.29, 0.717) is 5.56 Å². The smallest absolute Gasteiger partial charge is 0.338 e. The van der Waals surface area contributed by atoms with Crippen LogP contribution < -0.4 is 0 Å². The minimum absolute atomic E-state index is 0.0364. The third kappa shape index (κ3) is 5.45. The zero-order chi connectivity index (χ0) is 17.7. The van der Waals surface area contributed by atoms with E-state index in [0.717, 1.165) is 0 Å². The molecule has 2 rings (SSSR count). The minimum Gasteiger partial charge on any atom is -0.454 e. The number of esters is 1. The first-order chi connectivity index (χ1) is 11.3. The van der Waals surface area contributed by atoms with Crippen LogP contribution in [0.15, 0.2) is 30.3 Å². The van der Waals surface area contributed by atoms with E-state index in [1.807, 2.05) is 27.8 Å². The molecule has 1 unspecified atom stereocenters. The molecular weight excluding hydrogens is 330 g/mol. The first-order valence-corrected chi connectivity index (χ1v) is 10.3. The molecule has 1 heterocycles. The lowest BCUT2D eigenvalue weighted by atomic mass is 9.93. The SMILES string of the molecule is B[C@@H]1OC[C@H](OCP(C)(=O)OC(C)C)[C@H]1OC(=O)c1ccccc1. The Morgan fingerprint density at radius 1 is 1.38 bits per heavy atom. The molecule has 1 saturated heterocycles. The molecule has 0 aliphatic carbocycles. The third-order valence-corrected chi connectivity index (χ3v) is 5.05. The van der Waals surface area contributed by atoms with Crippen LogP contribution >= 0.6 is 7.37 Å². The summed E-state index contributed by atoms with van der Waals surface area (Å²) in [5.74, 6) is -0.426. The topological polar surface area (TPSA) is 71.1 Å². The Bertz CT molecular complexity index is 593. The maximum Gasteiger partial charge on any atom is 0.338 e. The molecule has 0 N–H and O–H groups in total. The molecule has 6 nitrogen and oxygen atoms in total. The normalized spacial score (nSPS) is 26.2. The van der Waals surface area contributed by atoms with E-state index in [9.17, 15) is 9.36 Å². The summed E-state index contributed by atoms with van der Waals surface area (Å²) in [6.07, 6.45) is -1.19. The van der Waals surface area contributed by atoms with E-state index >= 15 is 0 Å². The molecule has 1 aliphatic heterocycles. The van der Waals surface area contributed by atoms with Crippen LogP contribution in [0.1, 0.15) is 24.2 Å². The van der Waals surface area contributed by atoms with Crippen molar-refractivity contribution in [2.75, 3.05) is 19.6 Å². The van der Waals surface area contributed by atoms with E-state index < -0.39 is 25.5 Å². The summed E-state index contributed by atoms with van der Waals surface area (Å²) in [7, 11) is -1.04. The zero-order valence-electron chi connectivity index (χ0n) is 14.5. The molecule has 0 spiro atoms. The molecule has 0 aromatic heterocycles. The van der Waals surface area contributed by atoms with Crippen molar-refractivity contribution in [2.45, 2.75) is 38.2 Å². The molecule has 1 fully saturated rings. The van der Waals surface area contributed by atoms with Crippen LogP contribution in [0.4, 0.5) is 0 Å². The maximum atomic E-state index is 12.3. The average Bonchev–Trinajstić information content (AvgIpc) is 2.85. The standard InChI is InChI=1S/C16H24BO6P/c1-11(2)23-24(3,19)10-21-13-9-20-15(17)14(13)22-16(18)12-7-5-4-6-8-12/h4-8,11,13-15H,9-10,17H2,1-3H3/t13-,14+,15+,24?/m0/s1. The molecule has 0 amide bonds. The van der Waals surface area contributed by atoms with Crippen LogP contribution in [0, 0.1) is 0 Å². The van der Waals surface area contributed by atoms with Crippen molar-refractivity contribution in [3.8, 4) is 0 Å². The average molecular weight is 354 g/mol. The second kappa shape index (κ2) is 8.30. The van der Waals surface area contributed by atoms with Crippen LogP contribution in [0.25, 0.3) is 0 Å². The van der Waals surface area contributed by atoms with Gasteiger partial charge in [0.15, 0.2) is 0 Å². The highest BCUT2D eigenvalue weighted by Gasteiger charge is 2.39. The number of ether oxygens (including phenoxy) is 3. The van der Waals surface area contributed by atoms with Crippen LogP contribution in [0.3, 0.4) is 0 Å². The van der Waals surface area contributed by atoms with E-state index in [-0.39, 0.29) is 25.1 Å². The quantitative estimate of drug-likeness (QED) is 0.423. The van der Waals surface area contributed by atoms with E-state index in [4.69, 9.17) is 18.7 Å². The number of hydrogen-bond donors (Lipinski definition) is 0. The highest BCUT2D eigenvalue weighted by molar-refractivity contribution is 7.57. The van der Waals surface area contributed by atoms with Gasteiger partial charge in [-0.3, -0.25) is 4.57 Å². The molecule has 0 radical (unpaired) electrons. The van der Waals surface area contributed by atoms with Crippen molar-refractivity contribution in [2.24, 2.45) is 0 Å². The Morgan fingerprint density at radius 3 is 2.67 bits per heavy atom. The predicted molar refractivity (Wildman–Crippen MR) is 93.4 cm³/mol.